The zero-order valence-corrected chi connectivity index (χ0v) is 13.7. The summed E-state index contributed by atoms with van der Waals surface area (Å²) in [6, 6.07) is 8.21. The summed E-state index contributed by atoms with van der Waals surface area (Å²) in [5, 5.41) is 11.9. The highest BCUT2D eigenvalue weighted by atomic mass is 32.2. The summed E-state index contributed by atoms with van der Waals surface area (Å²) in [6.45, 7) is 3.65. The van der Waals surface area contributed by atoms with Crippen molar-refractivity contribution in [3.8, 4) is 0 Å². The second-order valence-electron chi connectivity index (χ2n) is 6.32. The van der Waals surface area contributed by atoms with Gasteiger partial charge in [0.05, 0.1) is 11.3 Å². The van der Waals surface area contributed by atoms with Crippen molar-refractivity contribution in [2.45, 2.75) is 36.4 Å². The van der Waals surface area contributed by atoms with Crippen molar-refractivity contribution >= 4 is 35.2 Å². The number of hydrogen-bond acceptors (Lipinski definition) is 4. The van der Waals surface area contributed by atoms with Gasteiger partial charge in [0.25, 0.3) is 0 Å². The average molecular weight is 334 g/mol. The number of rotatable bonds is 4. The molecule has 3 atom stereocenters. The number of carboxylic acid groups (broad SMARTS) is 1. The Hall–Kier alpha value is -2.02. The third-order valence-corrected chi connectivity index (χ3v) is 5.88. The number of carboxylic acids is 1. The van der Waals surface area contributed by atoms with E-state index in [-0.39, 0.29) is 23.6 Å². The molecule has 2 heterocycles. The number of benzene rings is 1. The molecule has 0 aliphatic carbocycles. The van der Waals surface area contributed by atoms with Crippen molar-refractivity contribution in [3.05, 3.63) is 30.3 Å². The van der Waals surface area contributed by atoms with Crippen LogP contribution < -0.4 is 5.32 Å². The van der Waals surface area contributed by atoms with E-state index in [1.165, 1.54) is 16.7 Å². The number of anilines is 1. The first kappa shape index (κ1) is 15.9. The van der Waals surface area contributed by atoms with E-state index in [1.54, 1.807) is 12.1 Å². The largest absolute Gasteiger partial charge is 0.480 e. The highest BCUT2D eigenvalue weighted by Crippen LogP contribution is 2.54. The van der Waals surface area contributed by atoms with Gasteiger partial charge in [0.1, 0.15) is 6.04 Å². The number of thioether (sulfide) groups is 1. The Labute approximate surface area is 138 Å². The standard InChI is InChI=1S/C16H18N2O4S/c1-16(2)12(15(21)22)18-13(20)10(14(18)23-16)8-11(19)17-9-6-4-3-5-7-9/h3-7,10,12,14H,8H2,1-2H3,(H,17,19)(H,21,22)/t10?,12-,14+/m0/s1. The maximum absolute atomic E-state index is 12.3. The Bertz CT molecular complexity index is 661. The first-order chi connectivity index (χ1) is 10.8. The second-order valence-corrected chi connectivity index (χ2v) is 8.09. The summed E-state index contributed by atoms with van der Waals surface area (Å²) in [7, 11) is 0. The smallest absolute Gasteiger partial charge is 0.327 e. The normalized spacial score (nSPS) is 28.0. The number of amides is 2. The van der Waals surface area contributed by atoms with E-state index in [0.29, 0.717) is 5.69 Å². The Kier molecular flexibility index (Phi) is 3.83. The van der Waals surface area contributed by atoms with Gasteiger partial charge in [-0.3, -0.25) is 9.59 Å². The first-order valence-corrected chi connectivity index (χ1v) is 8.27. The Morgan fingerprint density at radius 3 is 2.57 bits per heavy atom. The third-order valence-electron chi connectivity index (χ3n) is 4.25. The van der Waals surface area contributed by atoms with Gasteiger partial charge in [-0.05, 0) is 26.0 Å². The minimum absolute atomic E-state index is 0.0737. The van der Waals surface area contributed by atoms with Gasteiger partial charge < -0.3 is 15.3 Å². The van der Waals surface area contributed by atoms with E-state index in [2.05, 4.69) is 5.32 Å². The first-order valence-electron chi connectivity index (χ1n) is 7.39. The monoisotopic (exact) mass is 334 g/mol. The quantitative estimate of drug-likeness (QED) is 0.820. The number of aliphatic carboxylic acids is 1. The van der Waals surface area contributed by atoms with Gasteiger partial charge in [-0.1, -0.05) is 18.2 Å². The van der Waals surface area contributed by atoms with E-state index in [0.717, 1.165) is 0 Å². The van der Waals surface area contributed by atoms with Crippen molar-refractivity contribution in [2.75, 3.05) is 5.32 Å². The molecule has 1 aromatic rings. The fraction of sp³-hybridized carbons (Fsp3) is 0.438. The zero-order valence-electron chi connectivity index (χ0n) is 12.9. The third kappa shape index (κ3) is 2.69. The maximum atomic E-state index is 12.3. The molecule has 0 bridgehead atoms. The summed E-state index contributed by atoms with van der Waals surface area (Å²) in [5.41, 5.74) is 0.684. The number of nitrogens with zero attached hydrogens (tertiary/aromatic N) is 1. The molecule has 0 radical (unpaired) electrons. The molecule has 2 aliphatic heterocycles. The number of nitrogens with one attached hydrogen (secondary N) is 1. The van der Waals surface area contributed by atoms with Crippen LogP contribution in [-0.4, -0.2) is 44.0 Å². The zero-order chi connectivity index (χ0) is 16.8. The summed E-state index contributed by atoms with van der Waals surface area (Å²) < 4.78 is -0.559. The van der Waals surface area contributed by atoms with Crippen molar-refractivity contribution in [1.29, 1.82) is 0 Å². The Morgan fingerprint density at radius 2 is 1.96 bits per heavy atom. The fourth-order valence-electron chi connectivity index (χ4n) is 3.21. The Morgan fingerprint density at radius 1 is 1.30 bits per heavy atom. The lowest BCUT2D eigenvalue weighted by Crippen LogP contribution is -2.63. The molecule has 0 spiro atoms. The molecule has 23 heavy (non-hydrogen) atoms. The number of β-lactam (4-membered cyclic amide) rings is 1. The molecule has 7 heteroatoms. The van der Waals surface area contributed by atoms with Crippen LogP contribution in [0, 0.1) is 5.92 Å². The number of hydrogen-bond donors (Lipinski definition) is 2. The lowest BCUT2D eigenvalue weighted by Gasteiger charge is -2.43. The number of carbonyl (C=O) groups excluding carboxylic acids is 2. The molecule has 2 amide bonds. The lowest BCUT2D eigenvalue weighted by atomic mass is 9.89. The SMILES string of the molecule is CC1(C)S[C@@H]2C(CC(=O)Nc3ccccc3)C(=O)N2[C@H]1C(=O)O. The molecular weight excluding hydrogens is 316 g/mol. The molecule has 2 saturated heterocycles. The van der Waals surface area contributed by atoms with Crippen LogP contribution in [0.5, 0.6) is 0 Å². The summed E-state index contributed by atoms with van der Waals surface area (Å²) in [4.78, 5) is 37.3. The van der Waals surface area contributed by atoms with Crippen LogP contribution in [0.25, 0.3) is 0 Å². The summed E-state index contributed by atoms with van der Waals surface area (Å²) in [6.07, 6.45) is 0.0737. The molecule has 1 aromatic carbocycles. The highest BCUT2D eigenvalue weighted by Gasteiger charge is 2.63. The predicted molar refractivity (Wildman–Crippen MR) is 86.9 cm³/mol. The highest BCUT2D eigenvalue weighted by molar-refractivity contribution is 8.01. The van der Waals surface area contributed by atoms with E-state index >= 15 is 0 Å². The number of carbonyl (C=O) groups is 3. The van der Waals surface area contributed by atoms with E-state index < -0.39 is 22.7 Å². The molecule has 122 valence electrons. The van der Waals surface area contributed by atoms with Gasteiger partial charge in [0, 0.05) is 16.9 Å². The minimum atomic E-state index is -0.995. The minimum Gasteiger partial charge on any atom is -0.480 e. The molecule has 2 fully saturated rings. The predicted octanol–water partition coefficient (Wildman–Crippen LogP) is 1.78. The van der Waals surface area contributed by atoms with Crippen LogP contribution in [0.1, 0.15) is 20.3 Å². The molecule has 2 aliphatic rings. The molecule has 6 nitrogen and oxygen atoms in total. The van der Waals surface area contributed by atoms with Crippen molar-refractivity contribution < 1.29 is 19.5 Å². The van der Waals surface area contributed by atoms with Crippen LogP contribution in [0.2, 0.25) is 0 Å². The lowest BCUT2D eigenvalue weighted by molar-refractivity contribution is -0.164. The molecular formula is C16H18N2O4S. The Balaban J connectivity index is 1.66. The summed E-state index contributed by atoms with van der Waals surface area (Å²) >= 11 is 1.46. The van der Waals surface area contributed by atoms with Crippen molar-refractivity contribution in [2.24, 2.45) is 5.92 Å². The van der Waals surface area contributed by atoms with Gasteiger partial charge in [0.15, 0.2) is 0 Å². The number of para-hydroxylation sites is 1. The summed E-state index contributed by atoms with van der Waals surface area (Å²) in [5.74, 6) is -1.92. The fourth-order valence-corrected chi connectivity index (χ4v) is 4.89. The van der Waals surface area contributed by atoms with E-state index in [9.17, 15) is 19.5 Å². The van der Waals surface area contributed by atoms with Crippen LogP contribution in [-0.2, 0) is 14.4 Å². The molecule has 3 rings (SSSR count). The molecule has 0 aromatic heterocycles. The van der Waals surface area contributed by atoms with Gasteiger partial charge in [-0.2, -0.15) is 0 Å². The molecule has 0 saturated carbocycles. The van der Waals surface area contributed by atoms with Gasteiger partial charge in [-0.15, -0.1) is 11.8 Å². The van der Waals surface area contributed by atoms with Gasteiger partial charge in [-0.25, -0.2) is 4.79 Å². The van der Waals surface area contributed by atoms with Crippen LogP contribution in [0.3, 0.4) is 0 Å². The van der Waals surface area contributed by atoms with Crippen molar-refractivity contribution in [3.63, 3.8) is 0 Å². The maximum Gasteiger partial charge on any atom is 0.327 e. The van der Waals surface area contributed by atoms with E-state index in [1.807, 2.05) is 32.0 Å². The second kappa shape index (κ2) is 5.56. The number of fused-ring (bicyclic) bond motifs is 1. The van der Waals surface area contributed by atoms with Crippen LogP contribution in [0.15, 0.2) is 30.3 Å². The van der Waals surface area contributed by atoms with Crippen molar-refractivity contribution in [1.82, 2.24) is 4.90 Å². The average Bonchev–Trinajstić information content (AvgIpc) is 2.74. The van der Waals surface area contributed by atoms with Gasteiger partial charge >= 0.3 is 5.97 Å². The van der Waals surface area contributed by atoms with Crippen LogP contribution in [0.4, 0.5) is 5.69 Å². The topological polar surface area (TPSA) is 86.7 Å². The van der Waals surface area contributed by atoms with E-state index in [4.69, 9.17) is 0 Å². The molecule has 1 unspecified atom stereocenters. The van der Waals surface area contributed by atoms with Gasteiger partial charge in [0.2, 0.25) is 11.8 Å². The van der Waals surface area contributed by atoms with Crippen LogP contribution >= 0.6 is 11.8 Å². The molecule has 2 N–H and O–H groups in total.